The number of furan rings is 1. The highest BCUT2D eigenvalue weighted by Gasteiger charge is 2.28. The number of benzene rings is 1. The fourth-order valence-corrected chi connectivity index (χ4v) is 4.20. The molecule has 2 N–H and O–H groups in total. The number of H-pyrrole nitrogens is 1. The second kappa shape index (κ2) is 6.69. The van der Waals surface area contributed by atoms with Gasteiger partial charge in [-0.3, -0.25) is 4.79 Å². The molecule has 6 heteroatoms. The maximum Gasteiger partial charge on any atom is 0.294 e. The number of nitrogens with one attached hydrogen (secondary N) is 2. The van der Waals surface area contributed by atoms with Gasteiger partial charge in [-0.25, -0.2) is 4.98 Å². The number of hydrogen-bond acceptors (Lipinski definition) is 4. The molecule has 1 aromatic carbocycles. The molecule has 2 aromatic heterocycles. The Kier molecular flexibility index (Phi) is 4.41. The summed E-state index contributed by atoms with van der Waals surface area (Å²) < 4.78 is 6.34. The van der Waals surface area contributed by atoms with Gasteiger partial charge in [-0.05, 0) is 49.9 Å². The quantitative estimate of drug-likeness (QED) is 0.610. The molecule has 1 saturated carbocycles. The van der Waals surface area contributed by atoms with E-state index in [9.17, 15) is 4.79 Å². The first-order valence-electron chi connectivity index (χ1n) is 8.51. The third-order valence-electron chi connectivity index (χ3n) is 5.05. The van der Waals surface area contributed by atoms with E-state index in [4.69, 9.17) is 4.42 Å². The van der Waals surface area contributed by atoms with Gasteiger partial charge in [-0.1, -0.05) is 28.8 Å². The fraction of sp³-hybridized carbons (Fsp3) is 0.444. The Morgan fingerprint density at radius 1 is 1.21 bits per heavy atom. The Hall–Kier alpha value is -1.66. The number of rotatable bonds is 0. The van der Waals surface area contributed by atoms with Gasteiger partial charge in [0.1, 0.15) is 11.1 Å². The van der Waals surface area contributed by atoms with E-state index >= 15 is 0 Å². The minimum absolute atomic E-state index is 0.257. The van der Waals surface area contributed by atoms with Crippen molar-refractivity contribution in [2.45, 2.75) is 38.1 Å². The summed E-state index contributed by atoms with van der Waals surface area (Å²) in [5.74, 6) is 1.05. The van der Waals surface area contributed by atoms with Crippen LogP contribution in [0.15, 0.2) is 38.2 Å². The van der Waals surface area contributed by atoms with E-state index in [-0.39, 0.29) is 11.1 Å². The van der Waals surface area contributed by atoms with E-state index in [0.717, 1.165) is 21.8 Å². The summed E-state index contributed by atoms with van der Waals surface area (Å²) in [7, 11) is 0. The summed E-state index contributed by atoms with van der Waals surface area (Å²) in [6.07, 6.45) is 8.73. The van der Waals surface area contributed by atoms with Crippen molar-refractivity contribution in [3.63, 3.8) is 0 Å². The maximum absolute atomic E-state index is 11.4. The van der Waals surface area contributed by atoms with E-state index in [1.165, 1.54) is 45.0 Å². The Bertz CT molecular complexity index is 905. The monoisotopic (exact) mass is 389 g/mol. The van der Waals surface area contributed by atoms with Crippen molar-refractivity contribution in [2.24, 2.45) is 5.92 Å². The summed E-state index contributed by atoms with van der Waals surface area (Å²) >= 11 is 3.37. The Balaban J connectivity index is 0.000000138. The summed E-state index contributed by atoms with van der Waals surface area (Å²) in [6.45, 7) is 1.29. The van der Waals surface area contributed by atoms with Crippen LogP contribution in [0.4, 0.5) is 0 Å². The molecule has 126 valence electrons. The SMILES string of the molecule is C1CCC2NCCC2C1.O=c1[nH]cnc2c1oc1ccc(Br)cc12. The van der Waals surface area contributed by atoms with Crippen molar-refractivity contribution in [3.05, 3.63) is 39.4 Å². The van der Waals surface area contributed by atoms with Gasteiger partial charge in [0, 0.05) is 15.9 Å². The zero-order chi connectivity index (χ0) is 16.5. The molecule has 0 amide bonds. The van der Waals surface area contributed by atoms with E-state index in [1.807, 2.05) is 12.1 Å². The molecule has 5 rings (SSSR count). The number of aromatic nitrogens is 2. The summed E-state index contributed by atoms with van der Waals surface area (Å²) in [4.78, 5) is 18.0. The molecule has 3 heterocycles. The lowest BCUT2D eigenvalue weighted by atomic mass is 9.86. The topological polar surface area (TPSA) is 70.9 Å². The van der Waals surface area contributed by atoms with E-state index in [1.54, 1.807) is 6.07 Å². The van der Waals surface area contributed by atoms with Gasteiger partial charge in [-0.15, -0.1) is 0 Å². The molecule has 1 aliphatic heterocycles. The molecule has 0 radical (unpaired) electrons. The van der Waals surface area contributed by atoms with Crippen molar-refractivity contribution >= 4 is 38.0 Å². The Labute approximate surface area is 148 Å². The first-order chi connectivity index (χ1) is 11.7. The van der Waals surface area contributed by atoms with Crippen molar-refractivity contribution < 1.29 is 4.42 Å². The number of nitrogens with zero attached hydrogens (tertiary/aromatic N) is 1. The average molecular weight is 390 g/mol. The lowest BCUT2D eigenvalue weighted by Gasteiger charge is -2.24. The Morgan fingerprint density at radius 2 is 2.08 bits per heavy atom. The lowest BCUT2D eigenvalue weighted by Crippen LogP contribution is -2.29. The molecule has 2 atom stereocenters. The van der Waals surface area contributed by atoms with E-state index < -0.39 is 0 Å². The number of hydrogen-bond donors (Lipinski definition) is 2. The molecule has 2 fully saturated rings. The molecular formula is C18H20BrN3O2. The second-order valence-corrected chi connectivity index (χ2v) is 7.46. The zero-order valence-corrected chi connectivity index (χ0v) is 14.9. The van der Waals surface area contributed by atoms with Crippen LogP contribution in [0.25, 0.3) is 22.1 Å². The fourth-order valence-electron chi connectivity index (χ4n) is 3.84. The van der Waals surface area contributed by atoms with Crippen LogP contribution in [-0.4, -0.2) is 22.6 Å². The molecule has 1 saturated heterocycles. The molecule has 0 spiro atoms. The normalized spacial score (nSPS) is 23.0. The lowest BCUT2D eigenvalue weighted by molar-refractivity contribution is 0.326. The second-order valence-electron chi connectivity index (χ2n) is 6.55. The largest absolute Gasteiger partial charge is 0.449 e. The van der Waals surface area contributed by atoms with Crippen LogP contribution in [0.2, 0.25) is 0 Å². The highest BCUT2D eigenvalue weighted by Crippen LogP contribution is 2.30. The summed E-state index contributed by atoms with van der Waals surface area (Å²) in [6, 6.07) is 6.46. The molecule has 3 aromatic rings. The first kappa shape index (κ1) is 15.8. The van der Waals surface area contributed by atoms with Gasteiger partial charge < -0.3 is 14.7 Å². The van der Waals surface area contributed by atoms with Crippen LogP contribution in [0, 0.1) is 5.92 Å². The van der Waals surface area contributed by atoms with Crippen LogP contribution < -0.4 is 10.9 Å². The van der Waals surface area contributed by atoms with Crippen LogP contribution in [0.3, 0.4) is 0 Å². The highest BCUT2D eigenvalue weighted by atomic mass is 79.9. The average Bonchev–Trinajstić information content (AvgIpc) is 3.20. The summed E-state index contributed by atoms with van der Waals surface area (Å²) in [5.41, 5.74) is 1.27. The summed E-state index contributed by atoms with van der Waals surface area (Å²) in [5, 5.41) is 4.40. The maximum atomic E-state index is 11.4. The van der Waals surface area contributed by atoms with Gasteiger partial charge in [0.15, 0.2) is 0 Å². The van der Waals surface area contributed by atoms with Crippen LogP contribution in [0.1, 0.15) is 32.1 Å². The van der Waals surface area contributed by atoms with Crippen LogP contribution in [-0.2, 0) is 0 Å². The molecule has 24 heavy (non-hydrogen) atoms. The van der Waals surface area contributed by atoms with Crippen molar-refractivity contribution in [2.75, 3.05) is 6.54 Å². The van der Waals surface area contributed by atoms with Gasteiger partial charge in [0.2, 0.25) is 5.58 Å². The van der Waals surface area contributed by atoms with Gasteiger partial charge >= 0.3 is 0 Å². The minimum atomic E-state index is -0.257. The molecule has 1 aliphatic carbocycles. The molecule has 2 unspecified atom stereocenters. The Morgan fingerprint density at radius 3 is 2.96 bits per heavy atom. The molecule has 0 bridgehead atoms. The highest BCUT2D eigenvalue weighted by molar-refractivity contribution is 9.10. The number of fused-ring (bicyclic) bond motifs is 4. The molecular weight excluding hydrogens is 370 g/mol. The van der Waals surface area contributed by atoms with Crippen molar-refractivity contribution in [1.82, 2.24) is 15.3 Å². The third kappa shape index (κ3) is 3.00. The van der Waals surface area contributed by atoms with Crippen molar-refractivity contribution in [3.8, 4) is 0 Å². The predicted molar refractivity (Wildman–Crippen MR) is 98.2 cm³/mol. The van der Waals surface area contributed by atoms with Gasteiger partial charge in [0.25, 0.3) is 5.56 Å². The van der Waals surface area contributed by atoms with E-state index in [0.29, 0.717) is 11.1 Å². The minimum Gasteiger partial charge on any atom is -0.449 e. The molecule has 2 aliphatic rings. The zero-order valence-electron chi connectivity index (χ0n) is 13.3. The number of halogens is 1. The van der Waals surface area contributed by atoms with Crippen LogP contribution >= 0.6 is 15.9 Å². The third-order valence-corrected chi connectivity index (χ3v) is 5.54. The van der Waals surface area contributed by atoms with Gasteiger partial charge in [-0.2, -0.15) is 0 Å². The smallest absolute Gasteiger partial charge is 0.294 e. The van der Waals surface area contributed by atoms with Crippen molar-refractivity contribution in [1.29, 1.82) is 0 Å². The predicted octanol–water partition coefficient (Wildman–Crippen LogP) is 3.97. The molecule has 5 nitrogen and oxygen atoms in total. The first-order valence-corrected chi connectivity index (χ1v) is 9.30. The standard InChI is InChI=1S/C10H5BrN2O2.C8H15N/c11-5-1-2-7-6(3-5)8-9(15-7)10(14)13-4-12-8;1-2-4-8-7(3-1)5-6-9-8/h1-4H,(H,12,13,14);7-9H,1-6H2. The van der Waals surface area contributed by atoms with E-state index in [2.05, 4.69) is 31.2 Å². The number of aromatic amines is 1. The van der Waals surface area contributed by atoms with Crippen LogP contribution in [0.5, 0.6) is 0 Å². The van der Waals surface area contributed by atoms with Gasteiger partial charge in [0.05, 0.1) is 6.33 Å².